The summed E-state index contributed by atoms with van der Waals surface area (Å²) >= 11 is 3.43. The molecule has 1 aromatic heterocycles. The molecule has 0 bridgehead atoms. The van der Waals surface area contributed by atoms with E-state index < -0.39 is 0 Å². The molecule has 2 aliphatic rings. The van der Waals surface area contributed by atoms with Crippen LogP contribution in [0.3, 0.4) is 0 Å². The van der Waals surface area contributed by atoms with Crippen LogP contribution >= 0.6 is 15.9 Å². The molecule has 92 valence electrons. The average Bonchev–Trinajstić information content (AvgIpc) is 2.88. The Balaban J connectivity index is 1.66. The quantitative estimate of drug-likeness (QED) is 0.865. The van der Waals surface area contributed by atoms with Gasteiger partial charge in [-0.15, -0.1) is 0 Å². The molecule has 1 spiro atoms. The van der Waals surface area contributed by atoms with Crippen LogP contribution in [-0.4, -0.2) is 21.2 Å². The maximum Gasteiger partial charge on any atom is 0.220 e. The predicted octanol–water partition coefficient (Wildman–Crippen LogP) is 2.41. The lowest BCUT2D eigenvalue weighted by Gasteiger charge is -2.37. The third-order valence-corrected chi connectivity index (χ3v) is 4.50. The van der Waals surface area contributed by atoms with Gasteiger partial charge in [-0.3, -0.25) is 9.48 Å². The summed E-state index contributed by atoms with van der Waals surface area (Å²) < 4.78 is 3.08. The fourth-order valence-corrected chi connectivity index (χ4v) is 3.38. The number of halogens is 1. The van der Waals surface area contributed by atoms with Crippen molar-refractivity contribution in [3.8, 4) is 0 Å². The van der Waals surface area contributed by atoms with E-state index in [-0.39, 0.29) is 11.4 Å². The topological polar surface area (TPSA) is 46.9 Å². The number of aromatic nitrogens is 2. The number of amides is 1. The smallest absolute Gasteiger partial charge is 0.220 e. The summed E-state index contributed by atoms with van der Waals surface area (Å²) in [6.07, 6.45) is 9.97. The lowest BCUT2D eigenvalue weighted by Crippen LogP contribution is -2.44. The molecule has 4 nitrogen and oxygen atoms in total. The summed E-state index contributed by atoms with van der Waals surface area (Å²) in [6, 6.07) is 0.490. The Morgan fingerprint density at radius 2 is 2.18 bits per heavy atom. The molecule has 1 aromatic rings. The van der Waals surface area contributed by atoms with Gasteiger partial charge in [-0.25, -0.2) is 0 Å². The number of carbonyl (C=O) groups is 1. The Kier molecular flexibility index (Phi) is 2.73. The zero-order valence-electron chi connectivity index (χ0n) is 9.66. The molecule has 1 aliphatic heterocycles. The summed E-state index contributed by atoms with van der Waals surface area (Å²) in [7, 11) is 0. The van der Waals surface area contributed by atoms with E-state index in [0.29, 0.717) is 12.5 Å². The van der Waals surface area contributed by atoms with Crippen LogP contribution in [0.4, 0.5) is 0 Å². The first-order valence-electron chi connectivity index (χ1n) is 6.18. The van der Waals surface area contributed by atoms with Gasteiger partial charge in [-0.2, -0.15) is 5.10 Å². The second-order valence-electron chi connectivity index (χ2n) is 5.20. The molecule has 5 heteroatoms. The number of hydrogen-bond acceptors (Lipinski definition) is 2. The van der Waals surface area contributed by atoms with Crippen molar-refractivity contribution in [2.45, 2.75) is 50.1 Å². The van der Waals surface area contributed by atoms with E-state index in [9.17, 15) is 4.79 Å². The number of hydrogen-bond donors (Lipinski definition) is 1. The van der Waals surface area contributed by atoms with E-state index in [4.69, 9.17) is 0 Å². The number of rotatable bonds is 1. The van der Waals surface area contributed by atoms with Gasteiger partial charge in [0.1, 0.15) is 0 Å². The maximum atomic E-state index is 11.3. The van der Waals surface area contributed by atoms with E-state index >= 15 is 0 Å². The van der Waals surface area contributed by atoms with Crippen LogP contribution in [0.2, 0.25) is 0 Å². The van der Waals surface area contributed by atoms with Gasteiger partial charge in [0, 0.05) is 18.2 Å². The molecular weight excluding hydrogens is 282 g/mol. The minimum absolute atomic E-state index is 0.109. The SMILES string of the molecule is O=C1CC[C@]2(CC[C@H](n3cc(Br)cn3)CC2)N1. The van der Waals surface area contributed by atoms with Gasteiger partial charge < -0.3 is 5.32 Å². The van der Waals surface area contributed by atoms with Gasteiger partial charge in [0.2, 0.25) is 5.91 Å². The van der Waals surface area contributed by atoms with Crippen molar-refractivity contribution in [2.24, 2.45) is 0 Å². The minimum atomic E-state index is 0.109. The Morgan fingerprint density at radius 3 is 2.71 bits per heavy atom. The zero-order chi connectivity index (χ0) is 11.9. The first kappa shape index (κ1) is 11.3. The van der Waals surface area contributed by atoms with Crippen molar-refractivity contribution < 1.29 is 4.79 Å². The van der Waals surface area contributed by atoms with E-state index in [1.807, 2.05) is 17.1 Å². The normalized spacial score (nSPS) is 33.0. The first-order valence-corrected chi connectivity index (χ1v) is 6.97. The summed E-state index contributed by atoms with van der Waals surface area (Å²) in [5.41, 5.74) is 0.109. The molecule has 1 amide bonds. The van der Waals surface area contributed by atoms with Crippen molar-refractivity contribution in [2.75, 3.05) is 0 Å². The van der Waals surface area contributed by atoms with Crippen LogP contribution in [0.1, 0.15) is 44.6 Å². The van der Waals surface area contributed by atoms with Crippen molar-refractivity contribution in [3.63, 3.8) is 0 Å². The molecule has 0 unspecified atom stereocenters. The van der Waals surface area contributed by atoms with E-state index in [1.165, 1.54) is 0 Å². The van der Waals surface area contributed by atoms with E-state index in [2.05, 4.69) is 26.3 Å². The molecule has 0 radical (unpaired) electrons. The van der Waals surface area contributed by atoms with Crippen LogP contribution in [0.15, 0.2) is 16.9 Å². The molecular formula is C12H16BrN3O. The third-order valence-electron chi connectivity index (χ3n) is 4.09. The molecule has 1 saturated carbocycles. The summed E-state index contributed by atoms with van der Waals surface area (Å²) in [5.74, 6) is 0.227. The fourth-order valence-electron chi connectivity index (χ4n) is 3.08. The second-order valence-corrected chi connectivity index (χ2v) is 6.11. The number of nitrogens with zero attached hydrogens (tertiary/aromatic N) is 2. The lowest BCUT2D eigenvalue weighted by molar-refractivity contribution is -0.120. The maximum absolute atomic E-state index is 11.3. The summed E-state index contributed by atoms with van der Waals surface area (Å²) in [4.78, 5) is 11.3. The van der Waals surface area contributed by atoms with Gasteiger partial charge >= 0.3 is 0 Å². The molecule has 1 N–H and O–H groups in total. The highest BCUT2D eigenvalue weighted by atomic mass is 79.9. The van der Waals surface area contributed by atoms with Gasteiger partial charge in [-0.1, -0.05) is 0 Å². The Morgan fingerprint density at radius 1 is 1.41 bits per heavy atom. The van der Waals surface area contributed by atoms with Crippen LogP contribution < -0.4 is 5.32 Å². The van der Waals surface area contributed by atoms with Gasteiger partial charge in [0.05, 0.1) is 16.7 Å². The highest BCUT2D eigenvalue weighted by Gasteiger charge is 2.40. The van der Waals surface area contributed by atoms with Crippen LogP contribution in [0, 0.1) is 0 Å². The van der Waals surface area contributed by atoms with Gasteiger partial charge in [0.15, 0.2) is 0 Å². The van der Waals surface area contributed by atoms with Crippen molar-refractivity contribution in [1.29, 1.82) is 0 Å². The Labute approximate surface area is 109 Å². The standard InChI is InChI=1S/C12H16BrN3O/c13-9-7-14-16(8-9)10-1-4-12(5-2-10)6-3-11(17)15-12/h7-8,10H,1-6H2,(H,15,17)/t10-,12+. The minimum Gasteiger partial charge on any atom is -0.351 e. The first-order chi connectivity index (χ1) is 8.17. The van der Waals surface area contributed by atoms with Crippen molar-refractivity contribution >= 4 is 21.8 Å². The largest absolute Gasteiger partial charge is 0.351 e. The summed E-state index contributed by atoms with van der Waals surface area (Å²) in [5, 5.41) is 7.52. The highest BCUT2D eigenvalue weighted by Crippen LogP contribution is 2.39. The molecule has 2 fully saturated rings. The Bertz CT molecular complexity index is 435. The van der Waals surface area contributed by atoms with Crippen LogP contribution in [-0.2, 0) is 4.79 Å². The molecule has 0 aromatic carbocycles. The Hall–Kier alpha value is -0.840. The molecule has 17 heavy (non-hydrogen) atoms. The monoisotopic (exact) mass is 297 g/mol. The number of carbonyl (C=O) groups excluding carboxylic acids is 1. The van der Waals surface area contributed by atoms with Gasteiger partial charge in [0.25, 0.3) is 0 Å². The van der Waals surface area contributed by atoms with Crippen LogP contribution in [0.5, 0.6) is 0 Å². The number of nitrogens with one attached hydrogen (secondary N) is 1. The molecule has 1 aliphatic carbocycles. The average molecular weight is 298 g/mol. The predicted molar refractivity (Wildman–Crippen MR) is 67.5 cm³/mol. The second kappa shape index (κ2) is 4.12. The van der Waals surface area contributed by atoms with Crippen LogP contribution in [0.25, 0.3) is 0 Å². The van der Waals surface area contributed by atoms with Crippen molar-refractivity contribution in [1.82, 2.24) is 15.1 Å². The lowest BCUT2D eigenvalue weighted by atomic mass is 9.78. The molecule has 1 saturated heterocycles. The van der Waals surface area contributed by atoms with E-state index in [1.54, 1.807) is 0 Å². The summed E-state index contributed by atoms with van der Waals surface area (Å²) in [6.45, 7) is 0. The zero-order valence-corrected chi connectivity index (χ0v) is 11.2. The molecule has 2 heterocycles. The molecule has 3 rings (SSSR count). The third kappa shape index (κ3) is 2.12. The van der Waals surface area contributed by atoms with E-state index in [0.717, 1.165) is 36.6 Å². The van der Waals surface area contributed by atoms with Gasteiger partial charge in [-0.05, 0) is 48.0 Å². The van der Waals surface area contributed by atoms with Crippen molar-refractivity contribution in [3.05, 3.63) is 16.9 Å². The highest BCUT2D eigenvalue weighted by molar-refractivity contribution is 9.10. The molecule has 0 atom stereocenters. The fraction of sp³-hybridized carbons (Fsp3) is 0.667.